The normalized spacial score (nSPS) is 12.5. The standard InChI is InChI=1S/C8H10N2O/c1-7(11)6-10-4-2-3-8(10)5-9/h2-4,7,11H,6H2,1H3. The summed E-state index contributed by atoms with van der Waals surface area (Å²) in [5, 5.41) is 17.6. The van der Waals surface area contributed by atoms with Gasteiger partial charge in [0.25, 0.3) is 0 Å². The van der Waals surface area contributed by atoms with Crippen molar-refractivity contribution in [2.45, 2.75) is 19.6 Å². The molecule has 1 N–H and O–H groups in total. The van der Waals surface area contributed by atoms with Crippen LogP contribution in [-0.4, -0.2) is 15.8 Å². The number of nitrogens with zero attached hydrogens (tertiary/aromatic N) is 2. The van der Waals surface area contributed by atoms with Crippen LogP contribution in [0.15, 0.2) is 18.3 Å². The van der Waals surface area contributed by atoms with Crippen LogP contribution in [-0.2, 0) is 6.54 Å². The molecule has 1 atom stereocenters. The Morgan fingerprint density at radius 2 is 2.55 bits per heavy atom. The van der Waals surface area contributed by atoms with E-state index < -0.39 is 6.10 Å². The minimum absolute atomic E-state index is 0.408. The highest BCUT2D eigenvalue weighted by Gasteiger charge is 2.01. The smallest absolute Gasteiger partial charge is 0.120 e. The van der Waals surface area contributed by atoms with E-state index in [9.17, 15) is 0 Å². The lowest BCUT2D eigenvalue weighted by Crippen LogP contribution is -2.11. The van der Waals surface area contributed by atoms with Crippen molar-refractivity contribution >= 4 is 0 Å². The van der Waals surface area contributed by atoms with Crippen molar-refractivity contribution in [3.05, 3.63) is 24.0 Å². The van der Waals surface area contributed by atoms with Gasteiger partial charge in [0.15, 0.2) is 0 Å². The van der Waals surface area contributed by atoms with Crippen molar-refractivity contribution in [1.29, 1.82) is 5.26 Å². The van der Waals surface area contributed by atoms with Crippen LogP contribution < -0.4 is 0 Å². The first-order valence-electron chi connectivity index (χ1n) is 3.47. The molecule has 0 aliphatic rings. The lowest BCUT2D eigenvalue weighted by atomic mass is 10.4. The van der Waals surface area contributed by atoms with Crippen LogP contribution in [0, 0.1) is 11.3 Å². The van der Waals surface area contributed by atoms with Crippen LogP contribution in [0.5, 0.6) is 0 Å². The van der Waals surface area contributed by atoms with Crippen molar-refractivity contribution in [3.63, 3.8) is 0 Å². The van der Waals surface area contributed by atoms with Gasteiger partial charge in [0.05, 0.1) is 6.10 Å². The Kier molecular flexibility index (Phi) is 2.29. The van der Waals surface area contributed by atoms with Gasteiger partial charge in [-0.25, -0.2) is 0 Å². The molecular formula is C8H10N2O. The van der Waals surface area contributed by atoms with E-state index in [2.05, 4.69) is 0 Å². The summed E-state index contributed by atoms with van der Waals surface area (Å²) in [4.78, 5) is 0. The number of aromatic nitrogens is 1. The predicted molar refractivity (Wildman–Crippen MR) is 40.8 cm³/mol. The Hall–Kier alpha value is -1.27. The zero-order valence-corrected chi connectivity index (χ0v) is 6.36. The van der Waals surface area contributed by atoms with Gasteiger partial charge in [-0.1, -0.05) is 0 Å². The molecule has 0 radical (unpaired) electrons. The van der Waals surface area contributed by atoms with E-state index in [1.165, 1.54) is 0 Å². The molecule has 0 spiro atoms. The SMILES string of the molecule is CC(O)Cn1cccc1C#N. The van der Waals surface area contributed by atoms with Crippen molar-refractivity contribution in [2.75, 3.05) is 0 Å². The third kappa shape index (κ3) is 1.82. The Labute approximate surface area is 65.5 Å². The lowest BCUT2D eigenvalue weighted by molar-refractivity contribution is 0.173. The maximum Gasteiger partial charge on any atom is 0.120 e. The first-order chi connectivity index (χ1) is 5.24. The van der Waals surface area contributed by atoms with Crippen LogP contribution in [0.3, 0.4) is 0 Å². The number of nitriles is 1. The molecule has 58 valence electrons. The summed E-state index contributed by atoms with van der Waals surface area (Å²) in [7, 11) is 0. The maximum absolute atomic E-state index is 9.01. The largest absolute Gasteiger partial charge is 0.392 e. The Balaban J connectivity index is 2.79. The van der Waals surface area contributed by atoms with Crippen molar-refractivity contribution in [2.24, 2.45) is 0 Å². The van der Waals surface area contributed by atoms with E-state index in [4.69, 9.17) is 10.4 Å². The van der Waals surface area contributed by atoms with Gasteiger partial charge < -0.3 is 9.67 Å². The maximum atomic E-state index is 9.01. The summed E-state index contributed by atoms with van der Waals surface area (Å²) in [6, 6.07) is 5.55. The molecule has 0 fully saturated rings. The molecule has 1 unspecified atom stereocenters. The molecule has 3 heteroatoms. The summed E-state index contributed by atoms with van der Waals surface area (Å²) in [6.07, 6.45) is 1.38. The fourth-order valence-electron chi connectivity index (χ4n) is 0.959. The van der Waals surface area contributed by atoms with Gasteiger partial charge in [-0.05, 0) is 19.1 Å². The highest BCUT2D eigenvalue weighted by Crippen LogP contribution is 2.01. The highest BCUT2D eigenvalue weighted by atomic mass is 16.3. The molecule has 1 aromatic rings. The first-order valence-corrected chi connectivity index (χ1v) is 3.47. The van der Waals surface area contributed by atoms with E-state index >= 15 is 0 Å². The van der Waals surface area contributed by atoms with E-state index in [1.807, 2.05) is 6.07 Å². The van der Waals surface area contributed by atoms with E-state index in [0.717, 1.165) is 0 Å². The molecule has 0 bridgehead atoms. The van der Waals surface area contributed by atoms with Crippen molar-refractivity contribution in [1.82, 2.24) is 4.57 Å². The van der Waals surface area contributed by atoms with E-state index in [-0.39, 0.29) is 0 Å². The second-order valence-corrected chi connectivity index (χ2v) is 2.51. The number of aliphatic hydroxyl groups excluding tert-OH is 1. The quantitative estimate of drug-likeness (QED) is 0.676. The minimum atomic E-state index is -0.408. The summed E-state index contributed by atoms with van der Waals surface area (Å²) < 4.78 is 1.73. The Morgan fingerprint density at radius 3 is 3.09 bits per heavy atom. The number of hydrogen-bond donors (Lipinski definition) is 1. The average Bonchev–Trinajstić information content (AvgIpc) is 2.34. The average molecular weight is 150 g/mol. The summed E-state index contributed by atoms with van der Waals surface area (Å²) >= 11 is 0. The van der Waals surface area contributed by atoms with Crippen LogP contribution in [0.25, 0.3) is 0 Å². The molecule has 0 amide bonds. The van der Waals surface area contributed by atoms with Gasteiger partial charge >= 0.3 is 0 Å². The highest BCUT2D eigenvalue weighted by molar-refractivity contribution is 5.21. The number of rotatable bonds is 2. The Morgan fingerprint density at radius 1 is 1.82 bits per heavy atom. The van der Waals surface area contributed by atoms with Crippen LogP contribution in [0.1, 0.15) is 12.6 Å². The molecule has 1 rings (SSSR count). The number of aliphatic hydroxyl groups is 1. The molecule has 3 nitrogen and oxygen atoms in total. The van der Waals surface area contributed by atoms with Crippen LogP contribution in [0.4, 0.5) is 0 Å². The van der Waals surface area contributed by atoms with Crippen molar-refractivity contribution < 1.29 is 5.11 Å². The molecular weight excluding hydrogens is 140 g/mol. The summed E-state index contributed by atoms with van der Waals surface area (Å²) in [5.41, 5.74) is 0.589. The summed E-state index contributed by atoms with van der Waals surface area (Å²) in [6.45, 7) is 2.18. The van der Waals surface area contributed by atoms with Crippen LogP contribution >= 0.6 is 0 Å². The van der Waals surface area contributed by atoms with E-state index in [0.29, 0.717) is 12.2 Å². The molecule has 0 aliphatic carbocycles. The predicted octanol–water partition coefficient (Wildman–Crippen LogP) is 0.741. The van der Waals surface area contributed by atoms with Gasteiger partial charge in [-0.3, -0.25) is 0 Å². The lowest BCUT2D eigenvalue weighted by Gasteiger charge is -2.05. The summed E-state index contributed by atoms with van der Waals surface area (Å²) in [5.74, 6) is 0. The molecule has 1 heterocycles. The van der Waals surface area contributed by atoms with Gasteiger partial charge in [0, 0.05) is 12.7 Å². The fraction of sp³-hybridized carbons (Fsp3) is 0.375. The molecule has 0 aliphatic heterocycles. The monoisotopic (exact) mass is 150 g/mol. The third-order valence-corrected chi connectivity index (χ3v) is 1.41. The first kappa shape index (κ1) is 7.83. The van der Waals surface area contributed by atoms with Gasteiger partial charge in [-0.15, -0.1) is 0 Å². The second-order valence-electron chi connectivity index (χ2n) is 2.51. The zero-order chi connectivity index (χ0) is 8.27. The molecule has 1 aromatic heterocycles. The van der Waals surface area contributed by atoms with Crippen molar-refractivity contribution in [3.8, 4) is 6.07 Å². The zero-order valence-electron chi connectivity index (χ0n) is 6.36. The minimum Gasteiger partial charge on any atom is -0.392 e. The van der Waals surface area contributed by atoms with E-state index in [1.54, 1.807) is 29.8 Å². The topological polar surface area (TPSA) is 49.0 Å². The molecule has 0 aromatic carbocycles. The van der Waals surface area contributed by atoms with Gasteiger partial charge in [0.2, 0.25) is 0 Å². The van der Waals surface area contributed by atoms with Gasteiger partial charge in [0.1, 0.15) is 11.8 Å². The molecule has 0 saturated carbocycles. The third-order valence-electron chi connectivity index (χ3n) is 1.41. The van der Waals surface area contributed by atoms with Gasteiger partial charge in [-0.2, -0.15) is 5.26 Å². The fourth-order valence-corrected chi connectivity index (χ4v) is 0.959. The van der Waals surface area contributed by atoms with Crippen LogP contribution in [0.2, 0.25) is 0 Å². The second kappa shape index (κ2) is 3.22. The number of hydrogen-bond acceptors (Lipinski definition) is 2. The Bertz CT molecular complexity index is 270. The molecule has 0 saturated heterocycles. The molecule has 11 heavy (non-hydrogen) atoms.